The van der Waals surface area contributed by atoms with Crippen LogP contribution < -0.4 is 11.5 Å². The zero-order valence-corrected chi connectivity index (χ0v) is 20.6. The van der Waals surface area contributed by atoms with Crippen LogP contribution in [0, 0.1) is 11.5 Å². The molecule has 0 radical (unpaired) electrons. The van der Waals surface area contributed by atoms with E-state index in [1.165, 1.54) is 0 Å². The quantitative estimate of drug-likeness (QED) is 0.332. The third kappa shape index (κ3) is 7.76. The molecule has 25 heavy (non-hydrogen) atoms. The summed E-state index contributed by atoms with van der Waals surface area (Å²) in [6.07, 6.45) is 0. The van der Waals surface area contributed by atoms with E-state index in [4.69, 9.17) is 34.7 Å². The summed E-state index contributed by atoms with van der Waals surface area (Å²) in [7, 11) is -1.43. The van der Waals surface area contributed by atoms with E-state index in [9.17, 15) is 0 Å². The minimum Gasteiger partial charge on any atom is -0.381 e. The van der Waals surface area contributed by atoms with Crippen LogP contribution in [0.15, 0.2) is 13.8 Å². The predicted molar refractivity (Wildman–Crippen MR) is 116 cm³/mol. The molecule has 2 heterocycles. The number of hydrogen-bond donors (Lipinski definition) is 2. The second-order valence-electron chi connectivity index (χ2n) is 5.52. The molecule has 0 spiro atoms. The normalized spacial score (nSPS) is 10.4. The van der Waals surface area contributed by atoms with Gasteiger partial charge in [0.05, 0.1) is 0 Å². The number of hydrogen-bond acceptors (Lipinski definition) is 6. The third-order valence-corrected chi connectivity index (χ3v) is 5.74. The molecule has 6 nitrogen and oxygen atoms in total. The van der Waals surface area contributed by atoms with Gasteiger partial charge in [0.25, 0.3) is 0 Å². The van der Waals surface area contributed by atoms with E-state index in [2.05, 4.69) is 98.8 Å². The molecule has 0 fully saturated rings. The molecule has 0 aliphatic carbocycles. The van der Waals surface area contributed by atoms with Crippen LogP contribution in [0.3, 0.4) is 0 Å². The van der Waals surface area contributed by atoms with Crippen molar-refractivity contribution in [3.63, 3.8) is 0 Å². The molecular weight excluding hydrogens is 579 g/mol. The van der Waals surface area contributed by atoms with Crippen LogP contribution in [0.2, 0.25) is 29.9 Å². The van der Waals surface area contributed by atoms with E-state index >= 15 is 0 Å². The summed E-state index contributed by atoms with van der Waals surface area (Å²) in [4.78, 5) is 15.7. The Morgan fingerprint density at radius 2 is 1.28 bits per heavy atom. The molecule has 0 saturated heterocycles. The molecule has 2 rings (SSSR count). The van der Waals surface area contributed by atoms with E-state index in [0.717, 1.165) is 0 Å². The molecule has 0 aromatic carbocycles. The van der Waals surface area contributed by atoms with Crippen LogP contribution in [0.1, 0.15) is 5.69 Å². The molecule has 12 heteroatoms. The van der Waals surface area contributed by atoms with Crippen molar-refractivity contribution in [2.24, 2.45) is 0 Å². The molecule has 0 bridgehead atoms. The van der Waals surface area contributed by atoms with Crippen molar-refractivity contribution >= 4 is 90.7 Å². The van der Waals surface area contributed by atoms with Crippen LogP contribution in [0.25, 0.3) is 0 Å². The van der Waals surface area contributed by atoms with Crippen LogP contribution in [0.4, 0.5) is 11.6 Å². The first-order chi connectivity index (χ1) is 11.4. The van der Waals surface area contributed by atoms with Gasteiger partial charge in [-0.05, 0) is 47.8 Å². The average molecular weight is 592 g/mol. The second kappa shape index (κ2) is 9.48. The molecule has 134 valence electrons. The number of nitrogen functional groups attached to an aromatic ring is 2. The fraction of sp³-hybridized carbons (Fsp3) is 0.231. The van der Waals surface area contributed by atoms with E-state index in [1.807, 2.05) is 0 Å². The largest absolute Gasteiger partial charge is 0.381 e. The smallest absolute Gasteiger partial charge is 0.164 e. The van der Waals surface area contributed by atoms with Gasteiger partial charge in [-0.1, -0.05) is 48.8 Å². The maximum atomic E-state index is 5.74. The molecule has 2 aromatic heterocycles. The first kappa shape index (κ1) is 22.6. The summed E-state index contributed by atoms with van der Waals surface area (Å²) >= 11 is 20.7. The number of halogens is 5. The van der Waals surface area contributed by atoms with Gasteiger partial charge < -0.3 is 11.5 Å². The zero-order valence-electron chi connectivity index (χ0n) is 13.3. The van der Waals surface area contributed by atoms with Gasteiger partial charge in [-0.3, -0.25) is 0 Å². The van der Waals surface area contributed by atoms with Gasteiger partial charge in [-0.25, -0.2) is 19.9 Å². The maximum absolute atomic E-state index is 5.74. The Hall–Kier alpha value is -0.443. The highest BCUT2D eigenvalue weighted by Gasteiger charge is 2.10. The number of aromatic nitrogens is 4. The molecule has 4 N–H and O–H groups in total. The highest BCUT2D eigenvalue weighted by molar-refractivity contribution is 9.11. The van der Waals surface area contributed by atoms with Crippen molar-refractivity contribution in [2.75, 3.05) is 11.5 Å². The second-order valence-corrected chi connectivity index (χ2v) is 13.2. The van der Waals surface area contributed by atoms with E-state index in [0.29, 0.717) is 19.5 Å². The minimum atomic E-state index is -1.43. The van der Waals surface area contributed by atoms with Crippen molar-refractivity contribution in [2.45, 2.75) is 19.6 Å². The Morgan fingerprint density at radius 1 is 0.800 bits per heavy atom. The maximum Gasteiger partial charge on any atom is 0.164 e. The van der Waals surface area contributed by atoms with Gasteiger partial charge in [0, 0.05) is 0 Å². The number of rotatable bonds is 0. The summed E-state index contributed by atoms with van der Waals surface area (Å²) in [5.74, 6) is 3.50. The number of nitrogens with zero attached hydrogens (tertiary/aromatic N) is 4. The summed E-state index contributed by atoms with van der Waals surface area (Å²) in [5.41, 5.74) is 14.7. The highest BCUT2D eigenvalue weighted by atomic mass is 79.9. The summed E-state index contributed by atoms with van der Waals surface area (Å²) in [5, 5.41) is 0.520. The Kier molecular flexibility index (Phi) is 8.57. The van der Waals surface area contributed by atoms with Crippen LogP contribution in [-0.2, 0) is 0 Å². The fourth-order valence-corrected chi connectivity index (χ4v) is 2.93. The Labute approximate surface area is 181 Å². The first-order valence-corrected chi connectivity index (χ1v) is 13.2. The van der Waals surface area contributed by atoms with Crippen LogP contribution in [-0.4, -0.2) is 28.0 Å². The lowest BCUT2D eigenvalue weighted by atomic mass is 10.4. The molecule has 0 atom stereocenters. The average Bonchev–Trinajstić information content (AvgIpc) is 2.47. The van der Waals surface area contributed by atoms with Gasteiger partial charge in [-0.15, -0.1) is 5.54 Å². The van der Waals surface area contributed by atoms with Gasteiger partial charge in [0.1, 0.15) is 21.9 Å². The van der Waals surface area contributed by atoms with Crippen molar-refractivity contribution in [1.29, 1.82) is 0 Å². The summed E-state index contributed by atoms with van der Waals surface area (Å²) in [6.45, 7) is 6.44. The van der Waals surface area contributed by atoms with E-state index in [-0.39, 0.29) is 21.9 Å². The van der Waals surface area contributed by atoms with Crippen molar-refractivity contribution in [1.82, 2.24) is 19.9 Å². The molecule has 0 aliphatic heterocycles. The highest BCUT2D eigenvalue weighted by Crippen LogP contribution is 2.23. The number of nitrogens with two attached hydrogens (primary N) is 2. The molecular formula is C13H13Br3Cl2N6Si. The van der Waals surface area contributed by atoms with Gasteiger partial charge in [0.2, 0.25) is 0 Å². The zero-order chi connectivity index (χ0) is 19.4. The Morgan fingerprint density at radius 3 is 1.76 bits per heavy atom. The molecule has 0 unspecified atom stereocenters. The van der Waals surface area contributed by atoms with E-state index in [1.54, 1.807) is 0 Å². The fourth-order valence-electron chi connectivity index (χ4n) is 1.13. The topological polar surface area (TPSA) is 104 Å². The van der Waals surface area contributed by atoms with Crippen molar-refractivity contribution < 1.29 is 0 Å². The first-order valence-electron chi connectivity index (χ1n) is 6.56. The molecule has 0 saturated carbocycles. The lowest BCUT2D eigenvalue weighted by Crippen LogP contribution is -2.16. The number of anilines is 2. The van der Waals surface area contributed by atoms with Gasteiger partial charge >= 0.3 is 0 Å². The van der Waals surface area contributed by atoms with Gasteiger partial charge in [-0.2, -0.15) is 0 Å². The molecule has 0 amide bonds. The van der Waals surface area contributed by atoms with Crippen LogP contribution in [0.5, 0.6) is 0 Å². The van der Waals surface area contributed by atoms with E-state index < -0.39 is 8.07 Å². The standard InChI is InChI=1S/C9H11BrClN3Si.C4H2Br2ClN3/c1-15(2,3)5-4-6-9(12)14-8(11)7(10)13-6;5-1-3(7)10-4(8)2(6)9-1/h1-3H3,(H2,12,14);(H2,8,10). The predicted octanol–water partition coefficient (Wildman–Crippen LogP) is 4.94. The SMILES string of the molecule is C[Si](C)(C)C#Cc1nc(Br)c(Cl)nc1N.Nc1nc(Cl)c(Br)nc1Br. The minimum absolute atomic E-state index is 0.256. The molecule has 2 aromatic rings. The lowest BCUT2D eigenvalue weighted by molar-refractivity contribution is 1.14. The monoisotopic (exact) mass is 588 g/mol. The van der Waals surface area contributed by atoms with Gasteiger partial charge in [0.15, 0.2) is 27.6 Å². The molecule has 0 aliphatic rings. The summed E-state index contributed by atoms with van der Waals surface area (Å²) < 4.78 is 1.44. The van der Waals surface area contributed by atoms with Crippen LogP contribution >= 0.6 is 71.0 Å². The van der Waals surface area contributed by atoms with Crippen molar-refractivity contribution in [3.05, 3.63) is 29.8 Å². The third-order valence-electron chi connectivity index (χ3n) is 2.19. The Bertz CT molecular complexity index is 798. The van der Waals surface area contributed by atoms with Crippen molar-refractivity contribution in [3.8, 4) is 11.5 Å². The Balaban J connectivity index is 0.000000271. The lowest BCUT2D eigenvalue weighted by Gasteiger charge is -2.04. The summed E-state index contributed by atoms with van der Waals surface area (Å²) in [6, 6.07) is 0.